The van der Waals surface area contributed by atoms with Crippen LogP contribution in [-0.4, -0.2) is 92.3 Å². The van der Waals surface area contributed by atoms with Crippen molar-refractivity contribution < 1.29 is 37.8 Å². The topological polar surface area (TPSA) is 194 Å². The molecule has 16 heteroatoms. The highest BCUT2D eigenvalue weighted by atomic mass is 19.4. The summed E-state index contributed by atoms with van der Waals surface area (Å²) in [5.74, 6) is -5.79. The molecule has 1 aromatic rings. The first-order valence-corrected chi connectivity index (χ1v) is 11.1. The summed E-state index contributed by atoms with van der Waals surface area (Å²) in [4.78, 5) is 38.8. The van der Waals surface area contributed by atoms with Crippen molar-refractivity contribution >= 4 is 29.6 Å². The third kappa shape index (κ3) is 4.11. The van der Waals surface area contributed by atoms with Gasteiger partial charge in [0.2, 0.25) is 17.6 Å². The lowest BCUT2D eigenvalue weighted by atomic mass is 9.84. The summed E-state index contributed by atoms with van der Waals surface area (Å²) in [6.07, 6.45) is -4.70. The maximum Gasteiger partial charge on any atom is 0.416 e. The van der Waals surface area contributed by atoms with Gasteiger partial charge in [-0.15, -0.1) is 0 Å². The average molecular weight is 526 g/mol. The van der Waals surface area contributed by atoms with E-state index in [0.29, 0.717) is 6.07 Å². The molecule has 4 atom stereocenters. The fourth-order valence-corrected chi connectivity index (χ4v) is 5.09. The fraction of sp³-hybridized carbons (Fsp3) is 0.476. The lowest BCUT2D eigenvalue weighted by Crippen LogP contribution is -2.81. The molecule has 3 saturated heterocycles. The van der Waals surface area contributed by atoms with Crippen LogP contribution in [0.4, 0.5) is 13.2 Å². The number of nitrogens with one attached hydrogen (secondary N) is 6. The Bertz CT molecular complexity index is 1180. The van der Waals surface area contributed by atoms with Crippen molar-refractivity contribution in [1.29, 1.82) is 10.8 Å². The number of hydrogen-bond acceptors (Lipinski definition) is 7. The highest BCUT2D eigenvalue weighted by molar-refractivity contribution is 5.95. The molecule has 0 bridgehead atoms. The van der Waals surface area contributed by atoms with Crippen molar-refractivity contribution in [1.82, 2.24) is 31.1 Å². The summed E-state index contributed by atoms with van der Waals surface area (Å²) in [7, 11) is 0. The van der Waals surface area contributed by atoms with Crippen LogP contribution in [0.5, 0.6) is 0 Å². The maximum absolute atomic E-state index is 13.1. The van der Waals surface area contributed by atoms with Crippen LogP contribution in [0.1, 0.15) is 29.8 Å². The summed E-state index contributed by atoms with van der Waals surface area (Å²) in [6, 6.07) is -0.0274. The quantitative estimate of drug-likeness (QED) is 0.211. The second-order valence-corrected chi connectivity index (χ2v) is 9.08. The Labute approximate surface area is 208 Å². The molecule has 8 N–H and O–H groups in total. The molecule has 200 valence electrons. The lowest BCUT2D eigenvalue weighted by Gasteiger charge is -2.51. The van der Waals surface area contributed by atoms with Crippen LogP contribution in [0, 0.1) is 10.8 Å². The first kappa shape index (κ1) is 26.2. The van der Waals surface area contributed by atoms with Gasteiger partial charge in [-0.05, 0) is 18.2 Å². The molecule has 3 aliphatic heterocycles. The third-order valence-corrected chi connectivity index (χ3v) is 6.79. The molecular weight excluding hydrogens is 501 g/mol. The minimum atomic E-state index is -4.70. The zero-order valence-electron chi connectivity index (χ0n) is 19.6. The Kier molecular flexibility index (Phi) is 6.07. The first-order valence-electron chi connectivity index (χ1n) is 11.1. The van der Waals surface area contributed by atoms with E-state index >= 15 is 0 Å². The Morgan fingerprint density at radius 2 is 1.84 bits per heavy atom. The van der Waals surface area contributed by atoms with E-state index in [4.69, 9.17) is 10.8 Å². The van der Waals surface area contributed by atoms with Crippen LogP contribution in [-0.2, 0) is 15.8 Å². The Morgan fingerprint density at radius 3 is 2.43 bits per heavy atom. The minimum absolute atomic E-state index is 0.285. The molecule has 0 saturated carbocycles. The smallest absolute Gasteiger partial charge is 0.361 e. The molecule has 0 radical (unpaired) electrons. The lowest BCUT2D eigenvalue weighted by molar-refractivity contribution is -0.232. The highest BCUT2D eigenvalue weighted by Gasteiger charge is 2.74. The number of benzene rings is 1. The number of rotatable bonds is 4. The first-order chi connectivity index (χ1) is 17.1. The van der Waals surface area contributed by atoms with E-state index in [1.807, 2.05) is 0 Å². The monoisotopic (exact) mass is 526 g/mol. The molecule has 1 spiro atoms. The molecule has 1 aromatic carbocycles. The van der Waals surface area contributed by atoms with Gasteiger partial charge in [0.25, 0.3) is 5.91 Å². The van der Waals surface area contributed by atoms with Crippen molar-refractivity contribution in [3.63, 3.8) is 0 Å². The number of amides is 3. The molecule has 4 rings (SSSR count). The van der Waals surface area contributed by atoms with Gasteiger partial charge in [0.1, 0.15) is 6.04 Å². The van der Waals surface area contributed by atoms with E-state index in [9.17, 15) is 37.8 Å². The second-order valence-electron chi connectivity index (χ2n) is 9.08. The number of guanidine groups is 2. The van der Waals surface area contributed by atoms with E-state index in [1.54, 1.807) is 0 Å². The van der Waals surface area contributed by atoms with Crippen LogP contribution in [0.2, 0.25) is 0 Å². The number of carbonyl (C=O) groups excluding carboxylic acids is 3. The number of imide groups is 1. The van der Waals surface area contributed by atoms with Crippen LogP contribution in [0.15, 0.2) is 24.3 Å². The normalized spacial score (nSPS) is 27.9. The number of carbonyl (C=O) groups is 3. The van der Waals surface area contributed by atoms with E-state index in [2.05, 4.69) is 21.3 Å². The van der Waals surface area contributed by atoms with Gasteiger partial charge >= 0.3 is 6.18 Å². The van der Waals surface area contributed by atoms with E-state index < -0.39 is 59.0 Å². The number of alkyl halides is 3. The van der Waals surface area contributed by atoms with E-state index in [0.717, 1.165) is 41.8 Å². The van der Waals surface area contributed by atoms with Gasteiger partial charge in [0.15, 0.2) is 17.6 Å². The summed E-state index contributed by atoms with van der Waals surface area (Å²) in [5, 5.41) is 49.7. The maximum atomic E-state index is 13.1. The van der Waals surface area contributed by atoms with Gasteiger partial charge in [-0.3, -0.25) is 30.1 Å². The molecule has 3 heterocycles. The molecule has 3 fully saturated rings. The van der Waals surface area contributed by atoms with Gasteiger partial charge in [-0.1, -0.05) is 6.07 Å². The van der Waals surface area contributed by atoms with Crippen LogP contribution in [0.25, 0.3) is 0 Å². The molecule has 13 nitrogen and oxygen atoms in total. The molecule has 37 heavy (non-hydrogen) atoms. The fourth-order valence-electron chi connectivity index (χ4n) is 5.09. The standard InChI is InChI=1S/C21H25F3N8O5/c1-9(33)31(10(2)34)7-13-15-19(30-17(25)29-15)20(36,37)14(8-32(19)18(26)27-13)28-16(35)11-4-3-5-12(6-11)21(22,23)24/h3-6,13-15,36-37H,7-8H2,1-2H3,(H2,26,27)(H,28,35)(H3,25,29,30)/t13?,14-,15?,19?/m0/s1. The molecular formula is C21H25F3N8O5. The van der Waals surface area contributed by atoms with Gasteiger partial charge in [0, 0.05) is 26.0 Å². The van der Waals surface area contributed by atoms with Crippen LogP contribution < -0.4 is 21.3 Å². The van der Waals surface area contributed by atoms with Crippen molar-refractivity contribution in [2.75, 3.05) is 13.1 Å². The average Bonchev–Trinajstić information content (AvgIpc) is 3.26. The summed E-state index contributed by atoms with van der Waals surface area (Å²) in [6.45, 7) is 1.67. The molecule has 3 unspecified atom stereocenters. The summed E-state index contributed by atoms with van der Waals surface area (Å²) < 4.78 is 39.2. The second kappa shape index (κ2) is 8.58. The molecule has 3 amide bonds. The van der Waals surface area contributed by atoms with Gasteiger partial charge in [-0.2, -0.15) is 13.2 Å². The van der Waals surface area contributed by atoms with Gasteiger partial charge in [0.05, 0.1) is 24.2 Å². The zero-order valence-corrected chi connectivity index (χ0v) is 19.6. The summed E-state index contributed by atoms with van der Waals surface area (Å²) >= 11 is 0. The number of nitrogens with zero attached hydrogens (tertiary/aromatic N) is 2. The van der Waals surface area contributed by atoms with Crippen LogP contribution in [0.3, 0.4) is 0 Å². The van der Waals surface area contributed by atoms with Crippen molar-refractivity contribution in [3.05, 3.63) is 35.4 Å². The number of halogens is 3. The predicted octanol–water partition coefficient (Wildman–Crippen LogP) is -1.71. The zero-order chi connectivity index (χ0) is 27.5. The Morgan fingerprint density at radius 1 is 1.19 bits per heavy atom. The molecule has 0 aromatic heterocycles. The SMILES string of the molecule is CC(=O)N(CC1NC(=N)N2C[C@H](NC(=O)c3cccc(C(F)(F)F)c3)C(O)(O)C23NC(=N)NC13)C(C)=O. The summed E-state index contributed by atoms with van der Waals surface area (Å²) in [5.41, 5.74) is -3.45. The van der Waals surface area contributed by atoms with Crippen molar-refractivity contribution in [2.45, 2.75) is 49.6 Å². The predicted molar refractivity (Wildman–Crippen MR) is 120 cm³/mol. The Hall–Kier alpha value is -3.92. The van der Waals surface area contributed by atoms with Gasteiger partial charge in [-0.25, -0.2) is 0 Å². The van der Waals surface area contributed by atoms with Crippen LogP contribution >= 0.6 is 0 Å². The Balaban J connectivity index is 1.66. The number of hydrogen-bond donors (Lipinski definition) is 8. The van der Waals surface area contributed by atoms with E-state index in [1.165, 1.54) is 0 Å². The van der Waals surface area contributed by atoms with Gasteiger partial charge < -0.3 is 36.4 Å². The largest absolute Gasteiger partial charge is 0.416 e. The van der Waals surface area contributed by atoms with Crippen molar-refractivity contribution in [2.24, 2.45) is 0 Å². The molecule has 0 aliphatic carbocycles. The van der Waals surface area contributed by atoms with E-state index in [-0.39, 0.29) is 30.6 Å². The third-order valence-electron chi connectivity index (χ3n) is 6.79. The minimum Gasteiger partial charge on any atom is -0.361 e. The number of aliphatic hydroxyl groups is 2. The van der Waals surface area contributed by atoms with Crippen molar-refractivity contribution in [3.8, 4) is 0 Å². The molecule has 3 aliphatic rings. The highest BCUT2D eigenvalue weighted by Crippen LogP contribution is 2.43.